The van der Waals surface area contributed by atoms with Crippen LogP contribution in [0.25, 0.3) is 5.69 Å². The zero-order chi connectivity index (χ0) is 22.2. The molecule has 0 aliphatic rings. The van der Waals surface area contributed by atoms with Crippen LogP contribution in [0.3, 0.4) is 0 Å². The fourth-order valence-electron chi connectivity index (χ4n) is 2.86. The van der Waals surface area contributed by atoms with Crippen LogP contribution in [0.2, 0.25) is 5.02 Å². The van der Waals surface area contributed by atoms with Gasteiger partial charge in [-0.3, -0.25) is 9.36 Å². The Bertz CT molecular complexity index is 1060. The molecular formula is C22H23ClN6OS. The predicted molar refractivity (Wildman–Crippen MR) is 122 cm³/mol. The molecular weight excluding hydrogens is 432 g/mol. The minimum absolute atomic E-state index is 0.0110. The molecule has 160 valence electrons. The molecule has 1 heterocycles. The Morgan fingerprint density at radius 1 is 1.19 bits per heavy atom. The van der Waals surface area contributed by atoms with Crippen molar-refractivity contribution in [3.63, 3.8) is 0 Å². The van der Waals surface area contributed by atoms with Crippen LogP contribution in [0.4, 0.5) is 0 Å². The predicted octanol–water partition coefficient (Wildman–Crippen LogP) is 3.47. The van der Waals surface area contributed by atoms with E-state index in [-0.39, 0.29) is 11.7 Å². The van der Waals surface area contributed by atoms with Gasteiger partial charge in [0.15, 0.2) is 5.16 Å². The minimum Gasteiger partial charge on any atom is -0.336 e. The monoisotopic (exact) mass is 454 g/mol. The van der Waals surface area contributed by atoms with E-state index in [1.807, 2.05) is 58.8 Å². The van der Waals surface area contributed by atoms with Gasteiger partial charge in [-0.25, -0.2) is 0 Å². The quantitative estimate of drug-likeness (QED) is 0.460. The summed E-state index contributed by atoms with van der Waals surface area (Å²) >= 11 is 7.44. The van der Waals surface area contributed by atoms with Crippen molar-refractivity contribution in [3.8, 4) is 11.8 Å². The molecule has 0 atom stereocenters. The summed E-state index contributed by atoms with van der Waals surface area (Å²) in [5.41, 5.74) is 2.43. The number of benzene rings is 2. The molecule has 7 nitrogen and oxygen atoms in total. The lowest BCUT2D eigenvalue weighted by Crippen LogP contribution is -2.37. The number of carbonyl (C=O) groups excluding carboxylic acids is 1. The van der Waals surface area contributed by atoms with Gasteiger partial charge in [-0.15, -0.1) is 10.2 Å². The highest BCUT2D eigenvalue weighted by molar-refractivity contribution is 7.99. The van der Waals surface area contributed by atoms with E-state index in [0.717, 1.165) is 17.8 Å². The number of rotatable bonds is 9. The van der Waals surface area contributed by atoms with Crippen molar-refractivity contribution in [2.45, 2.75) is 11.7 Å². The first-order valence-corrected chi connectivity index (χ1v) is 11.0. The van der Waals surface area contributed by atoms with Gasteiger partial charge < -0.3 is 9.80 Å². The van der Waals surface area contributed by atoms with E-state index < -0.39 is 0 Å². The lowest BCUT2D eigenvalue weighted by molar-refractivity contribution is -0.129. The summed E-state index contributed by atoms with van der Waals surface area (Å²) in [7, 11) is 3.96. The maximum atomic E-state index is 13.0. The summed E-state index contributed by atoms with van der Waals surface area (Å²) in [4.78, 5) is 16.9. The molecule has 1 aromatic heterocycles. The van der Waals surface area contributed by atoms with Gasteiger partial charge in [-0.2, -0.15) is 5.26 Å². The Labute approximate surface area is 191 Å². The van der Waals surface area contributed by atoms with E-state index in [4.69, 9.17) is 16.9 Å². The summed E-state index contributed by atoms with van der Waals surface area (Å²) in [5.74, 6) is 0.250. The van der Waals surface area contributed by atoms with E-state index in [0.29, 0.717) is 28.8 Å². The van der Waals surface area contributed by atoms with Crippen molar-refractivity contribution in [1.29, 1.82) is 5.26 Å². The number of nitriles is 1. The molecule has 3 rings (SSSR count). The van der Waals surface area contributed by atoms with Crippen molar-refractivity contribution in [1.82, 2.24) is 24.6 Å². The van der Waals surface area contributed by atoms with Gasteiger partial charge in [0.1, 0.15) is 6.33 Å². The fourth-order valence-corrected chi connectivity index (χ4v) is 3.88. The summed E-state index contributed by atoms with van der Waals surface area (Å²) < 4.78 is 1.81. The number of likely N-dealkylation sites (N-methyl/N-ethyl adjacent to an activating group) is 1. The van der Waals surface area contributed by atoms with E-state index >= 15 is 0 Å². The third-order valence-corrected chi connectivity index (χ3v) is 5.72. The number of amides is 1. The van der Waals surface area contributed by atoms with Gasteiger partial charge in [-0.05, 0) is 50.0 Å². The molecule has 0 aliphatic carbocycles. The Balaban J connectivity index is 1.69. The van der Waals surface area contributed by atoms with Crippen molar-refractivity contribution < 1.29 is 4.79 Å². The standard InChI is InChI=1S/C22H23ClN6OS/c1-27(2)10-11-28(14-18-8-6-17(13-24)7-9-18)21(30)15-31-22-26-25-16-29(22)20-5-3-4-19(23)12-20/h3-9,12,16H,10-11,14-15H2,1-2H3. The number of aromatic nitrogens is 3. The van der Waals surface area contributed by atoms with Gasteiger partial charge in [0.25, 0.3) is 0 Å². The molecule has 0 fully saturated rings. The molecule has 0 bridgehead atoms. The van der Waals surface area contributed by atoms with Gasteiger partial charge in [0, 0.05) is 24.7 Å². The second kappa shape index (κ2) is 11.0. The van der Waals surface area contributed by atoms with Crippen LogP contribution in [0.1, 0.15) is 11.1 Å². The average molecular weight is 455 g/mol. The van der Waals surface area contributed by atoms with E-state index in [1.54, 1.807) is 24.5 Å². The second-order valence-electron chi connectivity index (χ2n) is 7.18. The van der Waals surface area contributed by atoms with Crippen LogP contribution >= 0.6 is 23.4 Å². The third-order valence-electron chi connectivity index (χ3n) is 4.55. The lowest BCUT2D eigenvalue weighted by atomic mass is 10.1. The summed E-state index contributed by atoms with van der Waals surface area (Å²) in [5, 5.41) is 18.4. The Kier molecular flexibility index (Phi) is 8.06. The number of halogens is 1. The molecule has 2 aromatic carbocycles. The number of hydrogen-bond donors (Lipinski definition) is 0. The van der Waals surface area contributed by atoms with Crippen LogP contribution in [0.15, 0.2) is 60.0 Å². The maximum absolute atomic E-state index is 13.0. The highest BCUT2D eigenvalue weighted by Crippen LogP contribution is 2.22. The SMILES string of the molecule is CN(C)CCN(Cc1ccc(C#N)cc1)C(=O)CSc1nncn1-c1cccc(Cl)c1. The lowest BCUT2D eigenvalue weighted by Gasteiger charge is -2.24. The first-order valence-electron chi connectivity index (χ1n) is 9.66. The molecule has 9 heteroatoms. The van der Waals surface area contributed by atoms with Gasteiger partial charge in [0.2, 0.25) is 5.91 Å². The molecule has 0 unspecified atom stereocenters. The van der Waals surface area contributed by atoms with Crippen molar-refractivity contribution in [3.05, 3.63) is 71.0 Å². The van der Waals surface area contributed by atoms with Crippen molar-refractivity contribution in [2.75, 3.05) is 32.9 Å². The van der Waals surface area contributed by atoms with Crippen molar-refractivity contribution >= 4 is 29.3 Å². The fraction of sp³-hybridized carbons (Fsp3) is 0.273. The molecule has 0 spiro atoms. The smallest absolute Gasteiger partial charge is 0.233 e. The van der Waals surface area contributed by atoms with Crippen LogP contribution in [0, 0.1) is 11.3 Å². The maximum Gasteiger partial charge on any atom is 0.233 e. The molecule has 3 aromatic rings. The molecule has 0 saturated carbocycles. The Morgan fingerprint density at radius 2 is 1.97 bits per heavy atom. The molecule has 0 N–H and O–H groups in total. The molecule has 0 aliphatic heterocycles. The first-order chi connectivity index (χ1) is 15.0. The molecule has 1 amide bonds. The van der Waals surface area contributed by atoms with Gasteiger partial charge in [-0.1, -0.05) is 41.6 Å². The average Bonchev–Trinajstić information content (AvgIpc) is 3.24. The largest absolute Gasteiger partial charge is 0.336 e. The minimum atomic E-state index is 0.0110. The topological polar surface area (TPSA) is 78.1 Å². The normalized spacial score (nSPS) is 10.8. The molecule has 31 heavy (non-hydrogen) atoms. The second-order valence-corrected chi connectivity index (χ2v) is 8.56. The number of nitrogens with zero attached hydrogens (tertiary/aromatic N) is 6. The van der Waals surface area contributed by atoms with Gasteiger partial charge in [0.05, 0.1) is 23.1 Å². The van der Waals surface area contributed by atoms with E-state index in [9.17, 15) is 4.79 Å². The van der Waals surface area contributed by atoms with Crippen LogP contribution < -0.4 is 0 Å². The summed E-state index contributed by atoms with van der Waals surface area (Å²) in [6, 6.07) is 16.8. The Morgan fingerprint density at radius 3 is 2.65 bits per heavy atom. The highest BCUT2D eigenvalue weighted by Gasteiger charge is 2.17. The number of carbonyl (C=O) groups is 1. The number of thioether (sulfide) groups is 1. The molecule has 0 saturated heterocycles. The Hall–Kier alpha value is -2.86. The molecule has 0 radical (unpaired) electrons. The zero-order valence-electron chi connectivity index (χ0n) is 17.4. The van der Waals surface area contributed by atoms with Crippen LogP contribution in [-0.2, 0) is 11.3 Å². The number of hydrogen-bond acceptors (Lipinski definition) is 6. The van der Waals surface area contributed by atoms with Crippen LogP contribution in [-0.4, -0.2) is 63.4 Å². The van der Waals surface area contributed by atoms with Crippen molar-refractivity contribution in [2.24, 2.45) is 0 Å². The highest BCUT2D eigenvalue weighted by atomic mass is 35.5. The first kappa shape index (κ1) is 22.8. The van der Waals surface area contributed by atoms with E-state index in [2.05, 4.69) is 16.3 Å². The third kappa shape index (κ3) is 6.56. The van der Waals surface area contributed by atoms with Crippen LogP contribution in [0.5, 0.6) is 0 Å². The summed E-state index contributed by atoms with van der Waals surface area (Å²) in [6.45, 7) is 1.85. The van der Waals surface area contributed by atoms with Gasteiger partial charge >= 0.3 is 0 Å². The zero-order valence-corrected chi connectivity index (χ0v) is 19.0. The summed E-state index contributed by atoms with van der Waals surface area (Å²) in [6.07, 6.45) is 1.61. The van der Waals surface area contributed by atoms with E-state index in [1.165, 1.54) is 11.8 Å².